The van der Waals surface area contributed by atoms with Gasteiger partial charge in [-0.05, 0) is 64.2 Å². The Morgan fingerprint density at radius 2 is 1.15 bits per heavy atom. The summed E-state index contributed by atoms with van der Waals surface area (Å²) < 4.78 is 59.1. The van der Waals surface area contributed by atoms with Crippen LogP contribution in [0.15, 0.2) is 36.5 Å². The molecule has 1 aliphatic heterocycles. The monoisotopic (exact) mass is 861 g/mol. The Hall–Kier alpha value is -1.68. The van der Waals surface area contributed by atoms with Crippen LogP contribution in [0.25, 0.3) is 0 Å². The Morgan fingerprint density at radius 1 is 0.644 bits per heavy atom. The van der Waals surface area contributed by atoms with Crippen molar-refractivity contribution in [3.8, 4) is 0 Å². The summed E-state index contributed by atoms with van der Waals surface area (Å²) in [6.07, 6.45) is 34.6. The summed E-state index contributed by atoms with van der Waals surface area (Å²) in [5.74, 6) is -0.408. The van der Waals surface area contributed by atoms with Crippen molar-refractivity contribution in [2.24, 2.45) is 0 Å². The van der Waals surface area contributed by atoms with Crippen molar-refractivity contribution in [3.05, 3.63) is 36.5 Å². The Bertz CT molecular complexity index is 1180. The maximum absolute atomic E-state index is 12.9. The summed E-state index contributed by atoms with van der Waals surface area (Å²) in [7, 11) is -5.06. The van der Waals surface area contributed by atoms with E-state index in [9.17, 15) is 28.5 Å². The first-order chi connectivity index (χ1) is 28.6. The molecule has 0 amide bonds. The fourth-order valence-corrected chi connectivity index (χ4v) is 7.45. The Balaban J connectivity index is 2.42. The van der Waals surface area contributed by atoms with E-state index in [-0.39, 0.29) is 19.6 Å². The van der Waals surface area contributed by atoms with Crippen molar-refractivity contribution in [2.45, 2.75) is 224 Å². The van der Waals surface area contributed by atoms with Gasteiger partial charge in [0.2, 0.25) is 0 Å². The summed E-state index contributed by atoms with van der Waals surface area (Å²) in [5, 5.41) is 30.7. The van der Waals surface area contributed by atoms with E-state index in [1.165, 1.54) is 89.9 Å². The number of hydrogen-bond acceptors (Lipinski definition) is 11. The standard InChI is InChI=1S/C46H84O12S/c1-3-5-7-9-11-13-15-17-19-20-21-22-23-25-27-29-31-33-35-42(48)56-40(38-54-36-34-32-30-28-26-24-18-16-14-12-10-8-6-4-2)39-55-46-44(50)45(58-59(51,52)53)43(49)41(37-47)57-46/h8,10,14,16,19-20,40-41,43-47,49-50H,3-7,9,11-13,15,17-18,21-39H2,1-2H3,(H,51,52,53)/b10-8-,16-14-,20-19-. The van der Waals surface area contributed by atoms with E-state index in [2.05, 4.69) is 54.5 Å². The van der Waals surface area contributed by atoms with Crippen molar-refractivity contribution in [1.82, 2.24) is 0 Å². The molecule has 0 saturated carbocycles. The zero-order valence-electron chi connectivity index (χ0n) is 36.8. The van der Waals surface area contributed by atoms with Gasteiger partial charge in [-0.15, -0.1) is 0 Å². The average Bonchev–Trinajstić information content (AvgIpc) is 3.20. The smallest absolute Gasteiger partial charge is 0.397 e. The normalized spacial score (nSPS) is 20.7. The van der Waals surface area contributed by atoms with E-state index in [0.29, 0.717) is 13.0 Å². The van der Waals surface area contributed by atoms with Crippen LogP contribution >= 0.6 is 0 Å². The van der Waals surface area contributed by atoms with Crippen LogP contribution in [0.2, 0.25) is 0 Å². The zero-order chi connectivity index (χ0) is 43.2. The highest BCUT2D eigenvalue weighted by Gasteiger charge is 2.48. The largest absolute Gasteiger partial charge is 0.457 e. The lowest BCUT2D eigenvalue weighted by Gasteiger charge is -2.41. The number of allylic oxidation sites excluding steroid dienone is 6. The summed E-state index contributed by atoms with van der Waals surface area (Å²) in [5.41, 5.74) is 0. The molecule has 1 aliphatic rings. The van der Waals surface area contributed by atoms with E-state index >= 15 is 0 Å². The molecular weight excluding hydrogens is 777 g/mol. The minimum atomic E-state index is -5.06. The van der Waals surface area contributed by atoms with Crippen molar-refractivity contribution in [3.63, 3.8) is 0 Å². The average molecular weight is 861 g/mol. The number of esters is 1. The third kappa shape index (κ3) is 31.8. The molecule has 0 bridgehead atoms. The number of hydrogen-bond donors (Lipinski definition) is 4. The lowest BCUT2D eigenvalue weighted by atomic mass is 9.99. The molecular formula is C46H84O12S. The molecule has 1 rings (SSSR count). The number of rotatable bonds is 40. The molecule has 0 radical (unpaired) electrons. The fourth-order valence-electron chi connectivity index (χ4n) is 6.94. The summed E-state index contributed by atoms with van der Waals surface area (Å²) in [4.78, 5) is 12.9. The second-order valence-corrected chi connectivity index (χ2v) is 17.0. The number of carbonyl (C=O) groups is 1. The molecule has 1 fully saturated rings. The molecule has 346 valence electrons. The SMILES string of the molecule is CCC/C=C\C/C=C\CCCCCCCCOCC(COC1OC(CO)C(O)C(OS(=O)(=O)O)C1O)OC(=O)CCCCCCCCC/C=C\CCCCCCCCC. The molecule has 0 aliphatic carbocycles. The van der Waals surface area contributed by atoms with E-state index in [4.69, 9.17) is 23.5 Å². The molecule has 0 aromatic heterocycles. The van der Waals surface area contributed by atoms with Crippen molar-refractivity contribution in [2.75, 3.05) is 26.4 Å². The van der Waals surface area contributed by atoms with Gasteiger partial charge in [0.05, 0.1) is 19.8 Å². The van der Waals surface area contributed by atoms with E-state index in [0.717, 1.165) is 70.6 Å². The van der Waals surface area contributed by atoms with Gasteiger partial charge < -0.3 is 34.3 Å². The van der Waals surface area contributed by atoms with Crippen LogP contribution in [-0.2, 0) is 38.3 Å². The van der Waals surface area contributed by atoms with Crippen LogP contribution in [0.4, 0.5) is 0 Å². The van der Waals surface area contributed by atoms with E-state index < -0.39 is 59.8 Å². The van der Waals surface area contributed by atoms with Crippen molar-refractivity contribution in [1.29, 1.82) is 0 Å². The highest BCUT2D eigenvalue weighted by Crippen LogP contribution is 2.26. The maximum Gasteiger partial charge on any atom is 0.397 e. The third-order valence-electron chi connectivity index (χ3n) is 10.5. The maximum atomic E-state index is 12.9. The van der Waals surface area contributed by atoms with Gasteiger partial charge in [-0.25, -0.2) is 4.18 Å². The predicted molar refractivity (Wildman–Crippen MR) is 234 cm³/mol. The lowest BCUT2D eigenvalue weighted by Crippen LogP contribution is -2.60. The molecule has 59 heavy (non-hydrogen) atoms. The van der Waals surface area contributed by atoms with Gasteiger partial charge in [0.1, 0.15) is 30.5 Å². The van der Waals surface area contributed by atoms with Crippen molar-refractivity contribution >= 4 is 16.4 Å². The molecule has 0 spiro atoms. The Morgan fingerprint density at radius 3 is 1.69 bits per heavy atom. The molecule has 1 heterocycles. The molecule has 0 aromatic rings. The summed E-state index contributed by atoms with van der Waals surface area (Å²) in [6.45, 7) is 3.90. The van der Waals surface area contributed by atoms with Crippen LogP contribution in [0.3, 0.4) is 0 Å². The number of carbonyl (C=O) groups excluding carboxylic acids is 1. The quantitative estimate of drug-likeness (QED) is 0.0199. The molecule has 1 saturated heterocycles. The lowest BCUT2D eigenvalue weighted by molar-refractivity contribution is -0.301. The van der Waals surface area contributed by atoms with Gasteiger partial charge >= 0.3 is 16.4 Å². The minimum Gasteiger partial charge on any atom is -0.457 e. The van der Waals surface area contributed by atoms with Crippen molar-refractivity contribution < 1.29 is 56.2 Å². The molecule has 4 N–H and O–H groups in total. The van der Waals surface area contributed by atoms with Crippen LogP contribution in [0, 0.1) is 0 Å². The first-order valence-corrected chi connectivity index (χ1v) is 24.6. The summed E-state index contributed by atoms with van der Waals surface area (Å²) in [6, 6.07) is 0. The van der Waals surface area contributed by atoms with Gasteiger partial charge in [0, 0.05) is 13.0 Å². The first kappa shape index (κ1) is 55.3. The van der Waals surface area contributed by atoms with Crippen LogP contribution in [0.1, 0.15) is 187 Å². The van der Waals surface area contributed by atoms with Gasteiger partial charge in [0.15, 0.2) is 6.29 Å². The van der Waals surface area contributed by atoms with E-state index in [1.54, 1.807) is 0 Å². The van der Waals surface area contributed by atoms with Gasteiger partial charge in [-0.2, -0.15) is 8.42 Å². The second kappa shape index (κ2) is 38.0. The number of ether oxygens (including phenoxy) is 4. The molecule has 6 unspecified atom stereocenters. The topological polar surface area (TPSA) is 178 Å². The Kier molecular flexibility index (Phi) is 35.7. The van der Waals surface area contributed by atoms with E-state index in [1.807, 2.05) is 0 Å². The number of aliphatic hydroxyl groups is 3. The zero-order valence-corrected chi connectivity index (χ0v) is 37.6. The molecule has 6 atom stereocenters. The number of aliphatic hydroxyl groups excluding tert-OH is 3. The highest BCUT2D eigenvalue weighted by molar-refractivity contribution is 7.80. The third-order valence-corrected chi connectivity index (χ3v) is 10.9. The van der Waals surface area contributed by atoms with Crippen LogP contribution in [0.5, 0.6) is 0 Å². The molecule has 0 aromatic carbocycles. The predicted octanol–water partition coefficient (Wildman–Crippen LogP) is 9.80. The second-order valence-electron chi connectivity index (χ2n) is 16.0. The van der Waals surface area contributed by atoms with Crippen LogP contribution in [-0.4, -0.2) is 97.5 Å². The fraction of sp³-hybridized carbons (Fsp3) is 0.848. The van der Waals surface area contributed by atoms with Gasteiger partial charge in [-0.1, -0.05) is 153 Å². The molecule has 12 nitrogen and oxygen atoms in total. The number of unbranched alkanes of at least 4 members (excludes halogenated alkanes) is 21. The van der Waals surface area contributed by atoms with Gasteiger partial charge in [-0.3, -0.25) is 9.35 Å². The van der Waals surface area contributed by atoms with Gasteiger partial charge in [0.25, 0.3) is 0 Å². The highest BCUT2D eigenvalue weighted by atomic mass is 32.3. The van der Waals surface area contributed by atoms with Crippen LogP contribution < -0.4 is 0 Å². The molecule has 13 heteroatoms. The first-order valence-electron chi connectivity index (χ1n) is 23.2. The Labute approximate surface area is 358 Å². The minimum absolute atomic E-state index is 0.0276. The summed E-state index contributed by atoms with van der Waals surface area (Å²) >= 11 is 0.